The van der Waals surface area contributed by atoms with Crippen molar-refractivity contribution in [3.05, 3.63) is 52.3 Å². The number of nitrogens with zero attached hydrogens (tertiary/aromatic N) is 3. The molecule has 1 heterocycles. The van der Waals surface area contributed by atoms with Gasteiger partial charge in [0.05, 0.1) is 17.3 Å². The van der Waals surface area contributed by atoms with E-state index in [1.807, 2.05) is 27.8 Å². The van der Waals surface area contributed by atoms with E-state index in [4.69, 9.17) is 0 Å². The van der Waals surface area contributed by atoms with Crippen molar-refractivity contribution in [2.45, 2.75) is 52.8 Å². The van der Waals surface area contributed by atoms with Gasteiger partial charge in [-0.25, -0.2) is 0 Å². The molecule has 1 aromatic carbocycles. The van der Waals surface area contributed by atoms with Crippen LogP contribution in [0.2, 0.25) is 0 Å². The first kappa shape index (κ1) is 21.0. The van der Waals surface area contributed by atoms with Gasteiger partial charge >= 0.3 is 6.18 Å². The third-order valence-electron chi connectivity index (χ3n) is 5.07. The summed E-state index contributed by atoms with van der Waals surface area (Å²) in [6.07, 6.45) is -3.53. The van der Waals surface area contributed by atoms with Crippen LogP contribution in [0.3, 0.4) is 0 Å². The van der Waals surface area contributed by atoms with Crippen molar-refractivity contribution in [3.8, 4) is 0 Å². The van der Waals surface area contributed by atoms with Crippen LogP contribution in [0.4, 0.5) is 13.2 Å². The highest BCUT2D eigenvalue weighted by molar-refractivity contribution is 5.77. The Morgan fingerprint density at radius 1 is 1.30 bits per heavy atom. The molecule has 0 N–H and O–H groups in total. The Morgan fingerprint density at radius 2 is 1.96 bits per heavy atom. The van der Waals surface area contributed by atoms with Crippen LogP contribution in [0.25, 0.3) is 0 Å². The lowest BCUT2D eigenvalue weighted by Crippen LogP contribution is -2.33. The molecule has 0 saturated carbocycles. The molecule has 1 unspecified atom stereocenters. The van der Waals surface area contributed by atoms with E-state index in [0.29, 0.717) is 24.9 Å². The summed E-state index contributed by atoms with van der Waals surface area (Å²) in [5, 5.41) is 4.35. The maximum atomic E-state index is 13.0. The molecule has 0 fully saturated rings. The Balaban J connectivity index is 2.14. The fraction of sp³-hybridized carbons (Fsp3) is 0.500. The minimum Gasteiger partial charge on any atom is -0.336 e. The number of carbonyl (C=O) groups is 1. The highest BCUT2D eigenvalue weighted by atomic mass is 19.4. The molecule has 0 aliphatic heterocycles. The van der Waals surface area contributed by atoms with Crippen molar-refractivity contribution in [2.75, 3.05) is 6.54 Å². The van der Waals surface area contributed by atoms with E-state index in [2.05, 4.69) is 5.10 Å². The van der Waals surface area contributed by atoms with Crippen molar-refractivity contribution in [1.29, 1.82) is 0 Å². The first-order chi connectivity index (χ1) is 12.6. The standard InChI is InChI=1S/C20H26F3N3O/c1-6-26(14(3)16-8-7-9-17(12-16)20(21,22)23)19(27)11-10-18-13(2)24-25(5)15(18)4/h7-9,12,14H,6,10-11H2,1-5H3. The number of rotatable bonds is 6. The van der Waals surface area contributed by atoms with Crippen LogP contribution in [0, 0.1) is 13.8 Å². The first-order valence-electron chi connectivity index (χ1n) is 9.02. The van der Waals surface area contributed by atoms with Gasteiger partial charge in [-0.15, -0.1) is 0 Å². The summed E-state index contributed by atoms with van der Waals surface area (Å²) in [6, 6.07) is 4.75. The normalized spacial score (nSPS) is 12.9. The van der Waals surface area contributed by atoms with Gasteiger partial charge in [-0.3, -0.25) is 9.48 Å². The van der Waals surface area contributed by atoms with Gasteiger partial charge in [0.15, 0.2) is 0 Å². The molecule has 0 radical (unpaired) electrons. The monoisotopic (exact) mass is 381 g/mol. The predicted molar refractivity (Wildman–Crippen MR) is 98.2 cm³/mol. The summed E-state index contributed by atoms with van der Waals surface area (Å²) in [4.78, 5) is 14.4. The third-order valence-corrected chi connectivity index (χ3v) is 5.07. The Bertz CT molecular complexity index is 811. The van der Waals surface area contributed by atoms with Crippen LogP contribution in [-0.2, 0) is 24.4 Å². The molecule has 148 valence electrons. The topological polar surface area (TPSA) is 38.1 Å². The molecule has 0 aliphatic rings. The number of aryl methyl sites for hydroxylation is 2. The Labute approximate surface area is 158 Å². The molecular formula is C20H26F3N3O. The highest BCUT2D eigenvalue weighted by Gasteiger charge is 2.31. The molecule has 1 amide bonds. The minimum atomic E-state index is -4.40. The van der Waals surface area contributed by atoms with Gasteiger partial charge in [0.2, 0.25) is 5.91 Å². The lowest BCUT2D eigenvalue weighted by Gasteiger charge is -2.29. The Kier molecular flexibility index (Phi) is 6.34. The summed E-state index contributed by atoms with van der Waals surface area (Å²) in [5.41, 5.74) is 2.76. The van der Waals surface area contributed by atoms with Crippen LogP contribution in [0.5, 0.6) is 0 Å². The van der Waals surface area contributed by atoms with Crippen molar-refractivity contribution >= 4 is 5.91 Å². The number of alkyl halides is 3. The zero-order valence-electron chi connectivity index (χ0n) is 16.4. The molecule has 1 atom stereocenters. The molecule has 2 rings (SSSR count). The lowest BCUT2D eigenvalue weighted by atomic mass is 10.0. The number of hydrogen-bond acceptors (Lipinski definition) is 2. The van der Waals surface area contributed by atoms with Crippen molar-refractivity contribution in [3.63, 3.8) is 0 Å². The second-order valence-electron chi connectivity index (χ2n) is 6.75. The SMILES string of the molecule is CCN(C(=O)CCc1c(C)nn(C)c1C)C(C)c1cccc(C(F)(F)F)c1. The van der Waals surface area contributed by atoms with Gasteiger partial charge in [0, 0.05) is 25.7 Å². The minimum absolute atomic E-state index is 0.0786. The van der Waals surface area contributed by atoms with Gasteiger partial charge in [-0.05, 0) is 57.4 Å². The smallest absolute Gasteiger partial charge is 0.336 e. The predicted octanol–water partition coefficient (Wildman–Crippen LogP) is 4.60. The maximum Gasteiger partial charge on any atom is 0.416 e. The summed E-state index contributed by atoms with van der Waals surface area (Å²) in [6.45, 7) is 7.90. The second-order valence-corrected chi connectivity index (χ2v) is 6.75. The highest BCUT2D eigenvalue weighted by Crippen LogP contribution is 2.32. The van der Waals surface area contributed by atoms with Crippen LogP contribution in [0.15, 0.2) is 24.3 Å². The maximum absolute atomic E-state index is 13.0. The number of carbonyl (C=O) groups excluding carboxylic acids is 1. The molecule has 0 saturated heterocycles. The molecule has 4 nitrogen and oxygen atoms in total. The van der Waals surface area contributed by atoms with E-state index in [9.17, 15) is 18.0 Å². The lowest BCUT2D eigenvalue weighted by molar-refractivity contribution is -0.137. The van der Waals surface area contributed by atoms with Gasteiger partial charge in [0.25, 0.3) is 0 Å². The molecule has 27 heavy (non-hydrogen) atoms. The largest absolute Gasteiger partial charge is 0.416 e. The Morgan fingerprint density at radius 3 is 2.48 bits per heavy atom. The quantitative estimate of drug-likeness (QED) is 0.734. The van der Waals surface area contributed by atoms with E-state index < -0.39 is 17.8 Å². The van der Waals surface area contributed by atoms with Gasteiger partial charge in [-0.1, -0.05) is 12.1 Å². The van der Waals surface area contributed by atoms with Gasteiger partial charge in [0.1, 0.15) is 0 Å². The van der Waals surface area contributed by atoms with Crippen LogP contribution in [-0.4, -0.2) is 27.1 Å². The molecule has 0 spiro atoms. The van der Waals surface area contributed by atoms with Crippen molar-refractivity contribution in [1.82, 2.24) is 14.7 Å². The van der Waals surface area contributed by atoms with E-state index >= 15 is 0 Å². The van der Waals surface area contributed by atoms with E-state index in [1.165, 1.54) is 6.07 Å². The summed E-state index contributed by atoms with van der Waals surface area (Å²) in [7, 11) is 1.86. The number of amides is 1. The second kappa shape index (κ2) is 8.15. The fourth-order valence-electron chi connectivity index (χ4n) is 3.38. The third kappa shape index (κ3) is 4.70. The van der Waals surface area contributed by atoms with E-state index in [-0.39, 0.29) is 5.91 Å². The van der Waals surface area contributed by atoms with E-state index in [1.54, 1.807) is 22.6 Å². The summed E-state index contributed by atoms with van der Waals surface area (Å²) < 4.78 is 40.7. The number of hydrogen-bond donors (Lipinski definition) is 0. The van der Waals surface area contributed by atoms with Crippen LogP contribution >= 0.6 is 0 Å². The molecule has 0 bridgehead atoms. The number of aromatic nitrogens is 2. The zero-order valence-corrected chi connectivity index (χ0v) is 16.4. The molecule has 2 aromatic rings. The number of halogens is 3. The molecule has 7 heteroatoms. The van der Waals surface area contributed by atoms with Crippen LogP contribution < -0.4 is 0 Å². The van der Waals surface area contributed by atoms with E-state index in [0.717, 1.165) is 29.1 Å². The Hall–Kier alpha value is -2.31. The molecule has 0 aliphatic carbocycles. The van der Waals surface area contributed by atoms with Gasteiger partial charge < -0.3 is 4.90 Å². The number of benzene rings is 1. The average molecular weight is 381 g/mol. The average Bonchev–Trinajstić information content (AvgIpc) is 2.85. The summed E-state index contributed by atoms with van der Waals surface area (Å²) >= 11 is 0. The van der Waals surface area contributed by atoms with Crippen molar-refractivity contribution < 1.29 is 18.0 Å². The first-order valence-corrected chi connectivity index (χ1v) is 9.02. The van der Waals surface area contributed by atoms with Crippen molar-refractivity contribution in [2.24, 2.45) is 7.05 Å². The van der Waals surface area contributed by atoms with Gasteiger partial charge in [-0.2, -0.15) is 18.3 Å². The fourth-order valence-corrected chi connectivity index (χ4v) is 3.38. The zero-order chi connectivity index (χ0) is 20.4. The summed E-state index contributed by atoms with van der Waals surface area (Å²) in [5.74, 6) is -0.0786. The molecule has 1 aromatic heterocycles. The van der Waals surface area contributed by atoms with Crippen LogP contribution in [0.1, 0.15) is 54.4 Å². The molecular weight excluding hydrogens is 355 g/mol.